The van der Waals surface area contributed by atoms with Crippen molar-refractivity contribution in [3.8, 4) is 0 Å². The maximum absolute atomic E-state index is 2.65. The van der Waals surface area contributed by atoms with Crippen molar-refractivity contribution in [2.24, 2.45) is 0 Å². The van der Waals surface area contributed by atoms with Crippen LogP contribution in [0.1, 0.15) is 71.1 Å². The molecule has 1 rings (SSSR count). The maximum Gasteiger partial charge on any atom is 0.00727 e. The van der Waals surface area contributed by atoms with Crippen LogP contribution in [0.4, 0.5) is 0 Å². The zero-order chi connectivity index (χ0) is 12.9. The van der Waals surface area contributed by atoms with Gasteiger partial charge in [0.15, 0.2) is 0 Å². The first kappa shape index (κ1) is 19.6. The Hall–Kier alpha value is 0.600. The van der Waals surface area contributed by atoms with Crippen LogP contribution in [0, 0.1) is 0 Å². The molecule has 0 amide bonds. The van der Waals surface area contributed by atoms with Gasteiger partial charge in [0.05, 0.1) is 0 Å². The molecule has 0 atom stereocenters. The highest BCUT2D eigenvalue weighted by Gasteiger charge is 2.08. The van der Waals surface area contributed by atoms with Crippen molar-refractivity contribution in [2.45, 2.75) is 71.1 Å². The molecule has 1 heterocycles. The zero-order valence-electron chi connectivity index (χ0n) is 12.9. The van der Waals surface area contributed by atoms with Gasteiger partial charge in [0.25, 0.3) is 0 Å². The Morgan fingerprint density at radius 1 is 0.737 bits per heavy atom. The number of hydrogen-bond acceptors (Lipinski definition) is 2. The standard InChI is InChI=1S/C16H33NS.ClH/c1-2-3-4-5-6-7-8-9-10-11-12-17-13-15-18-16-14-17;/h2-16H2,1H3;1H. The molecule has 0 aliphatic carbocycles. The molecule has 0 bridgehead atoms. The molecule has 116 valence electrons. The second kappa shape index (κ2) is 15.0. The smallest absolute Gasteiger partial charge is 0.00727 e. The van der Waals surface area contributed by atoms with Crippen LogP contribution in [0.3, 0.4) is 0 Å². The quantitative estimate of drug-likeness (QED) is 0.472. The van der Waals surface area contributed by atoms with Crippen LogP contribution in [0.5, 0.6) is 0 Å². The molecule has 0 unspecified atom stereocenters. The molecule has 19 heavy (non-hydrogen) atoms. The fourth-order valence-electron chi connectivity index (χ4n) is 2.65. The number of hydrogen-bond donors (Lipinski definition) is 0. The van der Waals surface area contributed by atoms with E-state index in [2.05, 4.69) is 23.6 Å². The Balaban J connectivity index is 0.00000324. The van der Waals surface area contributed by atoms with Gasteiger partial charge < -0.3 is 4.90 Å². The van der Waals surface area contributed by atoms with E-state index in [0.717, 1.165) is 0 Å². The van der Waals surface area contributed by atoms with Crippen molar-refractivity contribution in [1.82, 2.24) is 4.90 Å². The minimum Gasteiger partial charge on any atom is -0.302 e. The number of halogens is 1. The predicted molar refractivity (Wildman–Crippen MR) is 92.9 cm³/mol. The third-order valence-electron chi connectivity index (χ3n) is 3.93. The first-order valence-corrected chi connectivity index (χ1v) is 9.39. The van der Waals surface area contributed by atoms with Gasteiger partial charge in [0.1, 0.15) is 0 Å². The van der Waals surface area contributed by atoms with E-state index in [1.54, 1.807) is 0 Å². The minimum atomic E-state index is 0. The third kappa shape index (κ3) is 12.1. The minimum absolute atomic E-state index is 0. The number of unbranched alkanes of at least 4 members (excludes halogenated alkanes) is 9. The molecular formula is C16H34ClNS. The van der Waals surface area contributed by atoms with Gasteiger partial charge in [0, 0.05) is 24.6 Å². The van der Waals surface area contributed by atoms with E-state index in [9.17, 15) is 0 Å². The molecule has 1 aliphatic heterocycles. The summed E-state index contributed by atoms with van der Waals surface area (Å²) in [6.07, 6.45) is 14.5. The van der Waals surface area contributed by atoms with E-state index in [0.29, 0.717) is 0 Å². The first-order chi connectivity index (χ1) is 8.93. The Morgan fingerprint density at radius 3 is 1.74 bits per heavy atom. The van der Waals surface area contributed by atoms with Crippen molar-refractivity contribution in [3.05, 3.63) is 0 Å². The Labute approximate surface area is 131 Å². The molecule has 3 heteroatoms. The van der Waals surface area contributed by atoms with Gasteiger partial charge in [0.2, 0.25) is 0 Å². The summed E-state index contributed by atoms with van der Waals surface area (Å²) >= 11 is 2.12. The van der Waals surface area contributed by atoms with Crippen molar-refractivity contribution < 1.29 is 0 Å². The highest BCUT2D eigenvalue weighted by atomic mass is 35.5. The molecule has 0 N–H and O–H groups in total. The van der Waals surface area contributed by atoms with E-state index in [1.165, 1.54) is 95.3 Å². The highest BCUT2D eigenvalue weighted by molar-refractivity contribution is 7.99. The van der Waals surface area contributed by atoms with Crippen LogP contribution < -0.4 is 0 Å². The van der Waals surface area contributed by atoms with Crippen LogP contribution in [-0.4, -0.2) is 36.0 Å². The summed E-state index contributed by atoms with van der Waals surface area (Å²) in [4.78, 5) is 2.65. The van der Waals surface area contributed by atoms with Crippen molar-refractivity contribution in [2.75, 3.05) is 31.1 Å². The van der Waals surface area contributed by atoms with Crippen molar-refractivity contribution >= 4 is 24.2 Å². The van der Waals surface area contributed by atoms with Gasteiger partial charge >= 0.3 is 0 Å². The number of rotatable bonds is 11. The highest BCUT2D eigenvalue weighted by Crippen LogP contribution is 2.12. The van der Waals surface area contributed by atoms with Crippen LogP contribution in [0.25, 0.3) is 0 Å². The molecule has 1 nitrogen and oxygen atoms in total. The first-order valence-electron chi connectivity index (χ1n) is 8.23. The van der Waals surface area contributed by atoms with Crippen LogP contribution in [0.15, 0.2) is 0 Å². The topological polar surface area (TPSA) is 3.24 Å². The predicted octanol–water partition coefficient (Wildman–Crippen LogP) is 5.38. The Bertz CT molecular complexity index is 172. The summed E-state index contributed by atoms with van der Waals surface area (Å²) in [6.45, 7) is 6.32. The molecule has 1 fully saturated rings. The van der Waals surface area contributed by atoms with Gasteiger partial charge in [-0.1, -0.05) is 64.7 Å². The average molecular weight is 308 g/mol. The summed E-state index contributed by atoms with van der Waals surface area (Å²) in [5.41, 5.74) is 0. The lowest BCUT2D eigenvalue weighted by Crippen LogP contribution is -2.33. The van der Waals surface area contributed by atoms with E-state index in [1.807, 2.05) is 0 Å². The summed E-state index contributed by atoms with van der Waals surface area (Å²) < 4.78 is 0. The third-order valence-corrected chi connectivity index (χ3v) is 4.87. The summed E-state index contributed by atoms with van der Waals surface area (Å²) in [5, 5.41) is 0. The molecule has 1 saturated heterocycles. The lowest BCUT2D eigenvalue weighted by atomic mass is 10.1. The Morgan fingerprint density at radius 2 is 1.21 bits per heavy atom. The second-order valence-corrected chi connectivity index (χ2v) is 6.86. The second-order valence-electron chi connectivity index (χ2n) is 5.64. The normalized spacial score (nSPS) is 16.3. The maximum atomic E-state index is 2.65. The molecule has 0 aromatic rings. The van der Waals surface area contributed by atoms with Gasteiger partial charge in [-0.2, -0.15) is 11.8 Å². The fourth-order valence-corrected chi connectivity index (χ4v) is 3.63. The van der Waals surface area contributed by atoms with Crippen LogP contribution in [0.2, 0.25) is 0 Å². The molecular weight excluding hydrogens is 274 g/mol. The van der Waals surface area contributed by atoms with Crippen LogP contribution >= 0.6 is 24.2 Å². The molecule has 1 aliphatic rings. The lowest BCUT2D eigenvalue weighted by molar-refractivity contribution is 0.294. The summed E-state index contributed by atoms with van der Waals surface area (Å²) in [5.74, 6) is 2.72. The average Bonchev–Trinajstić information content (AvgIpc) is 2.42. The lowest BCUT2D eigenvalue weighted by Gasteiger charge is -2.25. The van der Waals surface area contributed by atoms with Gasteiger partial charge in [-0.15, -0.1) is 12.4 Å². The van der Waals surface area contributed by atoms with E-state index in [4.69, 9.17) is 0 Å². The van der Waals surface area contributed by atoms with Crippen molar-refractivity contribution in [3.63, 3.8) is 0 Å². The van der Waals surface area contributed by atoms with Crippen LogP contribution in [-0.2, 0) is 0 Å². The summed E-state index contributed by atoms with van der Waals surface area (Å²) in [6, 6.07) is 0. The van der Waals surface area contributed by atoms with E-state index in [-0.39, 0.29) is 12.4 Å². The monoisotopic (exact) mass is 307 g/mol. The van der Waals surface area contributed by atoms with Gasteiger partial charge in [-0.05, 0) is 13.0 Å². The molecule has 0 aromatic carbocycles. The molecule has 0 spiro atoms. The summed E-state index contributed by atoms with van der Waals surface area (Å²) in [7, 11) is 0. The largest absolute Gasteiger partial charge is 0.302 e. The number of thioether (sulfide) groups is 1. The SMILES string of the molecule is CCCCCCCCCCCCN1CCSCC1.Cl. The van der Waals surface area contributed by atoms with E-state index >= 15 is 0 Å². The Kier molecular flexibility index (Phi) is 15.5. The van der Waals surface area contributed by atoms with Gasteiger partial charge in [-0.25, -0.2) is 0 Å². The molecule has 0 radical (unpaired) electrons. The van der Waals surface area contributed by atoms with E-state index < -0.39 is 0 Å². The fraction of sp³-hybridized carbons (Fsp3) is 1.00. The van der Waals surface area contributed by atoms with Gasteiger partial charge in [-0.3, -0.25) is 0 Å². The molecule has 0 saturated carbocycles. The van der Waals surface area contributed by atoms with Crippen molar-refractivity contribution in [1.29, 1.82) is 0 Å². The molecule has 0 aromatic heterocycles. The zero-order valence-corrected chi connectivity index (χ0v) is 14.5. The number of nitrogens with zero attached hydrogens (tertiary/aromatic N) is 1.